The summed E-state index contributed by atoms with van der Waals surface area (Å²) in [6, 6.07) is -17.0. The lowest BCUT2D eigenvalue weighted by Crippen LogP contribution is -2.63. The molecule has 1 heterocycles. The second kappa shape index (κ2) is 58.8. The Labute approximate surface area is 701 Å². The lowest BCUT2D eigenvalue weighted by molar-refractivity contribution is -0.142. The Hall–Kier alpha value is -10.0. The first-order valence-electron chi connectivity index (χ1n) is 42.2. The van der Waals surface area contributed by atoms with Crippen molar-refractivity contribution in [1.82, 2.24) is 73.8 Å². The molecule has 0 aliphatic rings. The zero-order valence-corrected chi connectivity index (χ0v) is 72.2. The molecule has 0 saturated carbocycles. The van der Waals surface area contributed by atoms with Crippen molar-refractivity contribution in [3.05, 3.63) is 18.2 Å². The molecule has 119 heavy (non-hydrogen) atoms. The van der Waals surface area contributed by atoms with Gasteiger partial charge in [-0.25, -0.2) is 9.78 Å². The Morgan fingerprint density at radius 2 is 0.571 bits per heavy atom. The monoisotopic (exact) mass is 1690 g/mol. The van der Waals surface area contributed by atoms with Crippen molar-refractivity contribution in [2.24, 2.45) is 108 Å². The first-order chi connectivity index (χ1) is 56.3. The number of hydrogen-bond donors (Lipinski definition) is 24. The van der Waals surface area contributed by atoms with Gasteiger partial charge >= 0.3 is 5.97 Å². The summed E-state index contributed by atoms with van der Waals surface area (Å²) in [5.74, 6) is -14.7. The van der Waals surface area contributed by atoms with Crippen molar-refractivity contribution in [2.45, 2.75) is 303 Å². The van der Waals surface area contributed by atoms with Crippen molar-refractivity contribution < 1.29 is 67.4 Å². The van der Waals surface area contributed by atoms with Gasteiger partial charge in [0.1, 0.15) is 72.5 Å². The zero-order valence-electron chi connectivity index (χ0n) is 72.2. The third-order valence-electron chi connectivity index (χ3n) is 21.6. The van der Waals surface area contributed by atoms with Gasteiger partial charge in [0.15, 0.2) is 17.9 Å². The van der Waals surface area contributed by atoms with E-state index in [-0.39, 0.29) is 108 Å². The van der Waals surface area contributed by atoms with E-state index < -0.39 is 191 Å². The minimum absolute atomic E-state index is 0.00618. The molecule has 0 aliphatic heterocycles. The molecule has 0 aliphatic carbocycles. The molecule has 12 amide bonds. The van der Waals surface area contributed by atoms with Crippen LogP contribution in [0, 0.1) is 35.5 Å². The number of carboxylic acid groups (broad SMARTS) is 1. The molecule has 0 aromatic carbocycles. The fourth-order valence-electron chi connectivity index (χ4n) is 12.6. The van der Waals surface area contributed by atoms with Gasteiger partial charge in [0.2, 0.25) is 70.9 Å². The molecule has 0 unspecified atom stereocenters. The summed E-state index contributed by atoms with van der Waals surface area (Å²) in [5, 5.41) is 43.2. The number of nitrogens with two attached hydrogens (primary N) is 10. The van der Waals surface area contributed by atoms with E-state index in [1.165, 1.54) is 12.5 Å². The molecule has 0 spiro atoms. The lowest BCUT2D eigenvalue weighted by Gasteiger charge is -2.32. The third kappa shape index (κ3) is 40.5. The number of nitrogens with zero attached hydrogens (tertiary/aromatic N) is 4. The van der Waals surface area contributed by atoms with Crippen LogP contribution < -0.4 is 121 Å². The number of aromatic amines is 1. The first-order valence-corrected chi connectivity index (χ1v) is 42.2. The highest BCUT2D eigenvalue weighted by molar-refractivity contribution is 6.00. The molecule has 41 heteroatoms. The molecule has 1 aromatic heterocycles. The number of amides is 12. The number of aliphatic carboxylic acids is 1. The average Bonchev–Trinajstić information content (AvgIpc) is 1.83. The van der Waals surface area contributed by atoms with Gasteiger partial charge in [-0.3, -0.25) is 72.5 Å². The van der Waals surface area contributed by atoms with Crippen LogP contribution in [0.3, 0.4) is 0 Å². The number of carbonyl (C=O) groups excluding carboxylic acids is 12. The number of unbranched alkanes of at least 4 members (excludes halogenated alkanes) is 3. The molecule has 1 rings (SSSR count). The van der Waals surface area contributed by atoms with Crippen LogP contribution in [0.4, 0.5) is 0 Å². The van der Waals surface area contributed by atoms with E-state index in [1.807, 2.05) is 0 Å². The highest BCUT2D eigenvalue weighted by Gasteiger charge is 2.41. The Balaban J connectivity index is 3.85. The van der Waals surface area contributed by atoms with Crippen molar-refractivity contribution in [2.75, 3.05) is 39.3 Å². The van der Waals surface area contributed by atoms with Crippen LogP contribution in [0.5, 0.6) is 0 Å². The number of rotatable bonds is 63. The largest absolute Gasteiger partial charge is 0.480 e. The summed E-state index contributed by atoms with van der Waals surface area (Å²) in [6.45, 7) is 22.1. The van der Waals surface area contributed by atoms with Crippen molar-refractivity contribution in [3.63, 3.8) is 0 Å². The van der Waals surface area contributed by atoms with Crippen LogP contribution in [-0.2, 0) is 68.7 Å². The van der Waals surface area contributed by atoms with Crippen molar-refractivity contribution in [3.8, 4) is 0 Å². The first kappa shape index (κ1) is 107. The zero-order chi connectivity index (χ0) is 90.0. The molecule has 1 aromatic rings. The number of aromatic nitrogens is 2. The molecule has 41 nitrogen and oxygen atoms in total. The van der Waals surface area contributed by atoms with Gasteiger partial charge in [0.05, 0.1) is 12.4 Å². The summed E-state index contributed by atoms with van der Waals surface area (Å²) in [6.07, 6.45) is 8.06. The number of carboxylic acids is 1. The van der Waals surface area contributed by atoms with E-state index in [0.717, 1.165) is 0 Å². The summed E-state index contributed by atoms with van der Waals surface area (Å²) in [5.41, 5.74) is 57.2. The molecule has 19 atom stereocenters. The van der Waals surface area contributed by atoms with E-state index in [2.05, 4.69) is 88.7 Å². The van der Waals surface area contributed by atoms with E-state index in [1.54, 1.807) is 83.1 Å². The van der Waals surface area contributed by atoms with Gasteiger partial charge in [-0.15, -0.1) is 0 Å². The van der Waals surface area contributed by atoms with Crippen LogP contribution in [0.15, 0.2) is 27.5 Å². The molecular weight excluding hydrogens is 1540 g/mol. The predicted molar refractivity (Wildman–Crippen MR) is 456 cm³/mol. The molecule has 0 fully saturated rings. The van der Waals surface area contributed by atoms with Gasteiger partial charge in [-0.1, -0.05) is 122 Å². The third-order valence-corrected chi connectivity index (χ3v) is 21.6. The van der Waals surface area contributed by atoms with Crippen molar-refractivity contribution in [1.29, 1.82) is 0 Å². The summed E-state index contributed by atoms with van der Waals surface area (Å²) in [7, 11) is 0. The number of imidazole rings is 1. The summed E-state index contributed by atoms with van der Waals surface area (Å²) >= 11 is 0. The fraction of sp³-hybridized carbons (Fsp3) is 0.756. The van der Waals surface area contributed by atoms with Crippen molar-refractivity contribution >= 4 is 94.7 Å². The van der Waals surface area contributed by atoms with E-state index in [9.17, 15) is 62.6 Å². The van der Waals surface area contributed by atoms with Crippen LogP contribution in [0.1, 0.15) is 224 Å². The van der Waals surface area contributed by atoms with E-state index in [0.29, 0.717) is 95.7 Å². The molecule has 0 saturated heterocycles. The number of H-pyrrole nitrogens is 1. The maximum absolute atomic E-state index is 15.0. The Bertz CT molecular complexity index is 3370. The number of guanidine groups is 3. The summed E-state index contributed by atoms with van der Waals surface area (Å²) in [4.78, 5) is 206. The van der Waals surface area contributed by atoms with Gasteiger partial charge in [-0.05, 0) is 151 Å². The highest BCUT2D eigenvalue weighted by Crippen LogP contribution is 2.20. The standard InChI is InChI=1S/C78H147N27O14/c1-13-43(7)57(69(112)96-51(29-19-22-34-79)65(108)98-55(75(118)119)31-21-24-36-81)104-74(117)62(48(12)18-6)102-68(111)56(40-49-41-89-42-93-49)99-71(114)59(45(9)15-3)105-73(116)60(46(10)16-4)100-66(109)52(30-20-23-35-80)95-64(107)53(32-26-38-91-77(85)86)97-70(113)58(44(8)14-2)103-72(115)61(47(11)17-5)101-67(110)54(33-27-39-92-78(87)88)94-63(106)50(82)28-25-37-90-76(83)84/h41-48,50-62H,13-40,79-82H2,1-12H3,(H,89,93)(H,94,106)(H,95,107)(H,96,112)(H,97,113)(H,98,108)(H,99,114)(H,100,109)(H,101,110)(H,102,111)(H,103,115)(H,104,117)(H,105,116)(H,118,119)(H4,83,84,90)(H4,85,86,91)(H4,87,88,92)/t43-,44-,45-,46-,47-,48-,50-,51-,52-,53-,54-,55-,56-,57-,58-,59-,60-,61-,62-/m0/s1. The molecular formula is C78H147N27O14. The smallest absolute Gasteiger partial charge is 0.326 e. The topological polar surface area (TPSA) is 712 Å². The van der Waals surface area contributed by atoms with Gasteiger partial charge in [0.25, 0.3) is 0 Å². The minimum Gasteiger partial charge on any atom is -0.480 e. The van der Waals surface area contributed by atoms with Gasteiger partial charge in [0, 0.05) is 37.9 Å². The highest BCUT2D eigenvalue weighted by atomic mass is 16.4. The average molecular weight is 1690 g/mol. The SMILES string of the molecule is CC[C@H](C)[C@H](NC(=O)[C@H](Cc1cnc[nH]1)NC(=O)[C@@H](NC(=O)[C@@H](NC(=O)[C@H](CCCCN)NC(=O)[C@H](CCCN=C(N)N)NC(=O)[C@@H](NC(=O)[C@@H](NC(=O)[C@H](CCCN=C(N)N)NC(=O)[C@@H](N)CCCN=C(N)N)[C@@H](C)CC)[C@@H](C)CC)[C@@H](C)CC)[C@@H](C)CC)C(=O)N[C@H](C(=O)N[C@@H](CCCCN)C(=O)N[C@@H](CCCCN)C(=O)O)[C@@H](C)CC. The van der Waals surface area contributed by atoms with Gasteiger partial charge in [-0.2, -0.15) is 0 Å². The fourth-order valence-corrected chi connectivity index (χ4v) is 12.6. The number of aliphatic imine (C=N–C) groups is 3. The molecule has 34 N–H and O–H groups in total. The summed E-state index contributed by atoms with van der Waals surface area (Å²) < 4.78 is 0. The molecule has 0 radical (unpaired) electrons. The lowest BCUT2D eigenvalue weighted by atomic mass is 9.93. The van der Waals surface area contributed by atoms with E-state index in [4.69, 9.17) is 57.3 Å². The van der Waals surface area contributed by atoms with Gasteiger partial charge < -0.3 is 131 Å². The Morgan fingerprint density at radius 3 is 0.849 bits per heavy atom. The molecule has 678 valence electrons. The quantitative estimate of drug-likeness (QED) is 0.0176. The maximum Gasteiger partial charge on any atom is 0.326 e. The van der Waals surface area contributed by atoms with Crippen LogP contribution in [0.2, 0.25) is 0 Å². The van der Waals surface area contributed by atoms with Crippen LogP contribution >= 0.6 is 0 Å². The number of carbonyl (C=O) groups is 13. The molecule has 0 bridgehead atoms. The van der Waals surface area contributed by atoms with Crippen LogP contribution in [0.25, 0.3) is 0 Å². The predicted octanol–water partition coefficient (Wildman–Crippen LogP) is -2.99. The number of hydrogen-bond acceptors (Lipinski definition) is 21. The second-order valence-corrected chi connectivity index (χ2v) is 31.0. The van der Waals surface area contributed by atoms with Crippen LogP contribution in [-0.4, -0.2) is 228 Å². The minimum atomic E-state index is -1.45. The Kier molecular flexibility index (Phi) is 52.8. The number of nitrogens with one attached hydrogen (secondary N) is 13. The second-order valence-electron chi connectivity index (χ2n) is 31.0. The van der Waals surface area contributed by atoms with E-state index >= 15 is 4.79 Å². The normalized spacial score (nSPS) is 16.0. The Morgan fingerprint density at radius 1 is 0.336 bits per heavy atom. The maximum atomic E-state index is 15.0.